The van der Waals surface area contributed by atoms with Gasteiger partial charge in [-0.05, 0) is 18.6 Å². The second kappa shape index (κ2) is 3.72. The van der Waals surface area contributed by atoms with Crippen LogP contribution in [0.5, 0.6) is 0 Å². The third-order valence-corrected chi connectivity index (χ3v) is 1.45. The van der Waals surface area contributed by atoms with Gasteiger partial charge in [-0.2, -0.15) is 0 Å². The third-order valence-electron chi connectivity index (χ3n) is 1.45. The van der Waals surface area contributed by atoms with Gasteiger partial charge in [-0.1, -0.05) is 24.8 Å². The highest BCUT2D eigenvalue weighted by Crippen LogP contribution is 2.11. The molecular weight excluding hydrogens is 150 g/mol. The summed E-state index contributed by atoms with van der Waals surface area (Å²) in [5, 5.41) is 9.35. The second-order valence-electron chi connectivity index (χ2n) is 2.40. The molecule has 0 spiro atoms. The van der Waals surface area contributed by atoms with Crippen molar-refractivity contribution < 1.29 is 5.11 Å². The molecule has 0 saturated carbocycles. The van der Waals surface area contributed by atoms with E-state index in [1.807, 2.05) is 13.0 Å². The molecule has 2 nitrogen and oxygen atoms in total. The maximum absolute atomic E-state index is 9.35. The Labute approximate surface area is 71.9 Å². The Morgan fingerprint density at radius 3 is 2.92 bits per heavy atom. The van der Waals surface area contributed by atoms with E-state index in [1.54, 1.807) is 24.4 Å². The molecule has 2 heteroatoms. The minimum Gasteiger partial charge on any atom is -0.506 e. The van der Waals surface area contributed by atoms with Crippen LogP contribution in [-0.4, -0.2) is 10.8 Å². The number of hydrogen-bond donors (Lipinski definition) is 1. The van der Waals surface area contributed by atoms with Crippen LogP contribution in [0.2, 0.25) is 0 Å². The minimum atomic E-state index is 0.167. The number of allylic oxidation sites excluding steroid dienone is 5. The van der Waals surface area contributed by atoms with Crippen LogP contribution in [0.4, 0.5) is 0 Å². The van der Waals surface area contributed by atoms with Crippen molar-refractivity contribution in [3.63, 3.8) is 0 Å². The molecule has 0 aromatic rings. The lowest BCUT2D eigenvalue weighted by molar-refractivity contribution is 0.443. The fourth-order valence-corrected chi connectivity index (χ4v) is 0.876. The summed E-state index contributed by atoms with van der Waals surface area (Å²) in [6.45, 7) is 5.61. The number of hydrogen-bond acceptors (Lipinski definition) is 2. The first-order chi connectivity index (χ1) is 5.75. The molecule has 0 aromatic heterocycles. The zero-order valence-corrected chi connectivity index (χ0v) is 6.99. The van der Waals surface area contributed by atoms with E-state index in [0.717, 1.165) is 5.57 Å². The molecule has 0 heterocycles. The normalized spacial score (nSPS) is 20.6. The van der Waals surface area contributed by atoms with Gasteiger partial charge in [-0.25, -0.2) is 0 Å². The van der Waals surface area contributed by atoms with Crippen molar-refractivity contribution in [2.24, 2.45) is 4.99 Å². The standard InChI is InChI=1S/C10H11NO/c1-3-7-11-10-8(2)5-4-6-9(10)12/h3-7,12H,2H2,1H3/b7-3-,11-10?. The van der Waals surface area contributed by atoms with Crippen molar-refractivity contribution in [2.45, 2.75) is 6.92 Å². The molecule has 0 radical (unpaired) electrons. The van der Waals surface area contributed by atoms with E-state index in [1.165, 1.54) is 0 Å². The Balaban J connectivity index is 2.97. The lowest BCUT2D eigenvalue weighted by Crippen LogP contribution is -2.06. The van der Waals surface area contributed by atoms with Gasteiger partial charge in [-0.15, -0.1) is 0 Å². The maximum Gasteiger partial charge on any atom is 0.141 e. The molecule has 0 aliphatic heterocycles. The van der Waals surface area contributed by atoms with E-state index in [2.05, 4.69) is 11.6 Å². The molecule has 1 rings (SSSR count). The molecule has 0 unspecified atom stereocenters. The first-order valence-electron chi connectivity index (χ1n) is 3.71. The number of aliphatic imine (C=N–C) groups is 1. The van der Waals surface area contributed by atoms with Crippen LogP contribution in [-0.2, 0) is 0 Å². The van der Waals surface area contributed by atoms with E-state index < -0.39 is 0 Å². The topological polar surface area (TPSA) is 32.6 Å². The molecule has 1 aliphatic rings. The van der Waals surface area contributed by atoms with Gasteiger partial charge in [-0.3, -0.25) is 4.99 Å². The van der Waals surface area contributed by atoms with Gasteiger partial charge in [0, 0.05) is 6.20 Å². The van der Waals surface area contributed by atoms with Crippen LogP contribution in [0, 0.1) is 0 Å². The van der Waals surface area contributed by atoms with Crippen LogP contribution >= 0.6 is 0 Å². The van der Waals surface area contributed by atoms with Gasteiger partial charge >= 0.3 is 0 Å². The van der Waals surface area contributed by atoms with E-state index in [-0.39, 0.29) is 5.76 Å². The molecule has 0 aromatic carbocycles. The average molecular weight is 161 g/mol. The van der Waals surface area contributed by atoms with Gasteiger partial charge in [0.1, 0.15) is 11.5 Å². The van der Waals surface area contributed by atoms with Gasteiger partial charge in [0.25, 0.3) is 0 Å². The lowest BCUT2D eigenvalue weighted by atomic mass is 10.1. The highest BCUT2D eigenvalue weighted by atomic mass is 16.3. The largest absolute Gasteiger partial charge is 0.506 e. The number of rotatable bonds is 1. The van der Waals surface area contributed by atoms with Gasteiger partial charge in [0.15, 0.2) is 0 Å². The van der Waals surface area contributed by atoms with Crippen LogP contribution in [0.3, 0.4) is 0 Å². The number of aliphatic hydroxyl groups is 1. The summed E-state index contributed by atoms with van der Waals surface area (Å²) >= 11 is 0. The van der Waals surface area contributed by atoms with Crippen LogP contribution in [0.15, 0.2) is 53.4 Å². The first kappa shape index (κ1) is 8.53. The molecule has 0 atom stereocenters. The zero-order valence-electron chi connectivity index (χ0n) is 6.99. The monoisotopic (exact) mass is 161 g/mol. The first-order valence-corrected chi connectivity index (χ1v) is 3.71. The maximum atomic E-state index is 9.35. The van der Waals surface area contributed by atoms with Gasteiger partial charge in [0.2, 0.25) is 0 Å². The van der Waals surface area contributed by atoms with Gasteiger partial charge < -0.3 is 5.11 Å². The number of nitrogens with zero attached hydrogens (tertiary/aromatic N) is 1. The Hall–Kier alpha value is -1.57. The lowest BCUT2D eigenvalue weighted by Gasteiger charge is -2.06. The van der Waals surface area contributed by atoms with Crippen molar-refractivity contribution in [1.82, 2.24) is 0 Å². The Morgan fingerprint density at radius 2 is 2.33 bits per heavy atom. The predicted molar refractivity (Wildman–Crippen MR) is 51.2 cm³/mol. The average Bonchev–Trinajstić information content (AvgIpc) is 2.04. The quantitative estimate of drug-likeness (QED) is 0.629. The Kier molecular flexibility index (Phi) is 2.64. The Morgan fingerprint density at radius 1 is 1.58 bits per heavy atom. The van der Waals surface area contributed by atoms with E-state index in [0.29, 0.717) is 5.71 Å². The third kappa shape index (κ3) is 1.72. The van der Waals surface area contributed by atoms with E-state index in [4.69, 9.17) is 0 Å². The summed E-state index contributed by atoms with van der Waals surface area (Å²) in [4.78, 5) is 4.03. The summed E-state index contributed by atoms with van der Waals surface area (Å²) in [5.41, 5.74) is 1.27. The second-order valence-corrected chi connectivity index (χ2v) is 2.40. The molecule has 0 amide bonds. The van der Waals surface area contributed by atoms with Crippen molar-refractivity contribution in [1.29, 1.82) is 0 Å². The van der Waals surface area contributed by atoms with E-state index in [9.17, 15) is 5.11 Å². The molecule has 1 aliphatic carbocycles. The fourth-order valence-electron chi connectivity index (χ4n) is 0.876. The highest BCUT2D eigenvalue weighted by molar-refractivity contribution is 6.13. The molecule has 0 fully saturated rings. The van der Waals surface area contributed by atoms with E-state index >= 15 is 0 Å². The summed E-state index contributed by atoms with van der Waals surface area (Å²) in [6.07, 6.45) is 8.57. The fraction of sp³-hybridized carbons (Fsp3) is 0.100. The summed E-state index contributed by atoms with van der Waals surface area (Å²) < 4.78 is 0. The molecule has 1 N–H and O–H groups in total. The Bertz CT molecular complexity index is 306. The molecule has 0 bridgehead atoms. The SMILES string of the molecule is C=C1C=CC=C(O)C1=N/C=C\C. The van der Waals surface area contributed by atoms with Crippen molar-refractivity contribution in [2.75, 3.05) is 0 Å². The highest BCUT2D eigenvalue weighted by Gasteiger charge is 2.08. The summed E-state index contributed by atoms with van der Waals surface area (Å²) in [7, 11) is 0. The predicted octanol–water partition coefficient (Wildman–Crippen LogP) is 2.53. The van der Waals surface area contributed by atoms with Crippen LogP contribution < -0.4 is 0 Å². The number of aliphatic hydroxyl groups excluding tert-OH is 1. The zero-order chi connectivity index (χ0) is 8.97. The van der Waals surface area contributed by atoms with Crippen molar-refractivity contribution in [3.8, 4) is 0 Å². The minimum absolute atomic E-state index is 0.167. The smallest absolute Gasteiger partial charge is 0.141 e. The summed E-state index contributed by atoms with van der Waals surface area (Å²) in [5.74, 6) is 0.167. The van der Waals surface area contributed by atoms with Crippen molar-refractivity contribution in [3.05, 3.63) is 48.4 Å². The molecule has 12 heavy (non-hydrogen) atoms. The molecular formula is C10H11NO. The van der Waals surface area contributed by atoms with Crippen LogP contribution in [0.1, 0.15) is 6.92 Å². The summed E-state index contributed by atoms with van der Waals surface area (Å²) in [6, 6.07) is 0. The van der Waals surface area contributed by atoms with Crippen molar-refractivity contribution >= 4 is 5.71 Å². The van der Waals surface area contributed by atoms with Gasteiger partial charge in [0.05, 0.1) is 0 Å². The van der Waals surface area contributed by atoms with Crippen LogP contribution in [0.25, 0.3) is 0 Å². The molecule has 62 valence electrons. The molecule has 0 saturated heterocycles.